The first-order chi connectivity index (χ1) is 14.7. The summed E-state index contributed by atoms with van der Waals surface area (Å²) in [7, 11) is 0. The Morgan fingerprint density at radius 1 is 1.13 bits per heavy atom. The van der Waals surface area contributed by atoms with Crippen molar-refractivity contribution in [1.29, 1.82) is 0 Å². The van der Waals surface area contributed by atoms with Gasteiger partial charge >= 0.3 is 5.63 Å². The normalized spacial score (nSPS) is 27.9. The molecule has 1 N–H and O–H groups in total. The number of fused-ring (bicyclic) bond motifs is 3. The highest BCUT2D eigenvalue weighted by Crippen LogP contribution is 2.52. The predicted octanol–water partition coefficient (Wildman–Crippen LogP) is 4.30. The van der Waals surface area contributed by atoms with Crippen molar-refractivity contribution in [3.63, 3.8) is 0 Å². The maximum absolute atomic E-state index is 12.6. The zero-order valence-electron chi connectivity index (χ0n) is 19.0. The van der Waals surface area contributed by atoms with E-state index in [0.29, 0.717) is 41.1 Å². The first-order valence-electron chi connectivity index (χ1n) is 11.6. The molecule has 5 nitrogen and oxygen atoms in total. The third kappa shape index (κ3) is 4.06. The summed E-state index contributed by atoms with van der Waals surface area (Å²) in [6.45, 7) is 10.9. The van der Waals surface area contributed by atoms with Gasteiger partial charge in [0, 0.05) is 44.3 Å². The molecule has 2 aromatic rings. The third-order valence-corrected chi connectivity index (χ3v) is 7.63. The van der Waals surface area contributed by atoms with Gasteiger partial charge in [0.05, 0.1) is 5.56 Å². The van der Waals surface area contributed by atoms with Crippen LogP contribution in [0.1, 0.15) is 62.3 Å². The molecule has 1 aromatic heterocycles. The third-order valence-electron chi connectivity index (χ3n) is 7.63. The van der Waals surface area contributed by atoms with Crippen LogP contribution in [0.2, 0.25) is 0 Å². The number of hydrogen-bond donors (Lipinski definition) is 1. The van der Waals surface area contributed by atoms with E-state index in [0.717, 1.165) is 32.5 Å². The Balaban J connectivity index is 1.34. The lowest BCUT2D eigenvalue weighted by Crippen LogP contribution is -2.35. The van der Waals surface area contributed by atoms with Crippen LogP contribution in [0.15, 0.2) is 39.7 Å². The molecule has 0 amide bonds. The van der Waals surface area contributed by atoms with E-state index in [-0.39, 0.29) is 5.75 Å². The average Bonchev–Trinajstić information content (AvgIpc) is 2.95. The molecule has 2 atom stereocenters. The summed E-state index contributed by atoms with van der Waals surface area (Å²) in [4.78, 5) is 17.3. The van der Waals surface area contributed by atoms with Gasteiger partial charge in [-0.2, -0.15) is 0 Å². The van der Waals surface area contributed by atoms with Crippen LogP contribution in [0.5, 0.6) is 5.75 Å². The fourth-order valence-electron chi connectivity index (χ4n) is 6.69. The molecule has 0 spiro atoms. The van der Waals surface area contributed by atoms with Gasteiger partial charge in [0.2, 0.25) is 0 Å². The van der Waals surface area contributed by atoms with Crippen molar-refractivity contribution in [2.45, 2.75) is 72.1 Å². The number of likely N-dealkylation sites (tertiary alicyclic amines) is 1. The zero-order chi connectivity index (χ0) is 21.8. The SMILES string of the molecule is CC1(C)C[C@H]2C[C@@](C)(CN2Cc2c(O)c(CN3CCc4ccccc4C3)coc2=O)C1. The van der Waals surface area contributed by atoms with E-state index < -0.39 is 5.63 Å². The first kappa shape index (κ1) is 20.8. The molecule has 2 fully saturated rings. The molecule has 2 bridgehead atoms. The fourth-order valence-corrected chi connectivity index (χ4v) is 6.69. The van der Waals surface area contributed by atoms with E-state index in [1.165, 1.54) is 30.2 Å². The summed E-state index contributed by atoms with van der Waals surface area (Å²) in [5, 5.41) is 11.0. The van der Waals surface area contributed by atoms with Gasteiger partial charge < -0.3 is 9.52 Å². The molecular weight excluding hydrogens is 388 g/mol. The minimum absolute atomic E-state index is 0.126. The lowest BCUT2D eigenvalue weighted by molar-refractivity contribution is 0.126. The van der Waals surface area contributed by atoms with Crippen molar-refractivity contribution < 1.29 is 9.52 Å². The maximum atomic E-state index is 12.6. The van der Waals surface area contributed by atoms with E-state index in [9.17, 15) is 9.90 Å². The molecule has 1 aromatic carbocycles. The molecule has 5 heteroatoms. The van der Waals surface area contributed by atoms with Crippen LogP contribution in [0, 0.1) is 10.8 Å². The van der Waals surface area contributed by atoms with E-state index in [1.54, 1.807) is 0 Å². The van der Waals surface area contributed by atoms with Gasteiger partial charge in [-0.15, -0.1) is 0 Å². The lowest BCUT2D eigenvalue weighted by Gasteiger charge is -2.39. The molecule has 1 saturated heterocycles. The number of benzene rings is 1. The van der Waals surface area contributed by atoms with Gasteiger partial charge in [-0.1, -0.05) is 45.0 Å². The Morgan fingerprint density at radius 2 is 1.90 bits per heavy atom. The maximum Gasteiger partial charge on any atom is 0.343 e. The van der Waals surface area contributed by atoms with Gasteiger partial charge in [-0.05, 0) is 47.6 Å². The average molecular weight is 423 g/mol. The quantitative estimate of drug-likeness (QED) is 0.796. The van der Waals surface area contributed by atoms with Gasteiger partial charge in [-0.3, -0.25) is 9.80 Å². The second kappa shape index (κ2) is 7.49. The number of hydrogen-bond acceptors (Lipinski definition) is 5. The highest BCUT2D eigenvalue weighted by Gasteiger charge is 2.49. The second-order valence-electron chi connectivity index (χ2n) is 11.2. The number of rotatable bonds is 4. The highest BCUT2D eigenvalue weighted by molar-refractivity contribution is 5.37. The summed E-state index contributed by atoms with van der Waals surface area (Å²) in [5.41, 5.74) is 4.08. The standard InChI is InChI=1S/C26H34N2O3/c1-25(2)10-21-11-26(3,16-25)17-28(21)14-22-23(29)20(15-31-24(22)30)13-27-9-8-18-6-4-5-7-19(18)12-27/h4-7,15,21,29H,8-14,16-17H2,1-3H3/t21-,26+/m0/s1. The van der Waals surface area contributed by atoms with Crippen molar-refractivity contribution in [1.82, 2.24) is 9.80 Å². The summed E-state index contributed by atoms with van der Waals surface area (Å²) < 4.78 is 5.40. The lowest BCUT2D eigenvalue weighted by atomic mass is 9.65. The summed E-state index contributed by atoms with van der Waals surface area (Å²) in [6, 6.07) is 9.00. The van der Waals surface area contributed by atoms with E-state index in [2.05, 4.69) is 54.8 Å². The van der Waals surface area contributed by atoms with Crippen LogP contribution in [0.3, 0.4) is 0 Å². The Kier molecular flexibility index (Phi) is 5.02. The fraction of sp³-hybridized carbons (Fsp3) is 0.577. The molecule has 5 rings (SSSR count). The van der Waals surface area contributed by atoms with Gasteiger partial charge in [0.25, 0.3) is 0 Å². The van der Waals surface area contributed by atoms with Crippen molar-refractivity contribution in [2.75, 3.05) is 13.1 Å². The van der Waals surface area contributed by atoms with Crippen molar-refractivity contribution in [3.8, 4) is 5.75 Å². The van der Waals surface area contributed by atoms with Crippen molar-refractivity contribution in [2.24, 2.45) is 10.8 Å². The number of nitrogens with zero attached hydrogens (tertiary/aromatic N) is 2. The monoisotopic (exact) mass is 422 g/mol. The molecule has 0 unspecified atom stereocenters. The van der Waals surface area contributed by atoms with Gasteiger partial charge in [0.1, 0.15) is 12.0 Å². The Morgan fingerprint density at radius 3 is 2.71 bits per heavy atom. The number of aromatic hydroxyl groups is 1. The smallest absolute Gasteiger partial charge is 0.343 e. The largest absolute Gasteiger partial charge is 0.507 e. The molecule has 3 heterocycles. The summed E-state index contributed by atoms with van der Waals surface area (Å²) in [5.74, 6) is 0.126. The van der Waals surface area contributed by atoms with Crippen molar-refractivity contribution >= 4 is 0 Å². The van der Waals surface area contributed by atoms with Crippen molar-refractivity contribution in [3.05, 3.63) is 63.2 Å². The van der Waals surface area contributed by atoms with Gasteiger partial charge in [0.15, 0.2) is 0 Å². The van der Waals surface area contributed by atoms with Crippen LogP contribution < -0.4 is 5.63 Å². The molecule has 31 heavy (non-hydrogen) atoms. The molecule has 1 saturated carbocycles. The van der Waals surface area contributed by atoms with E-state index >= 15 is 0 Å². The van der Waals surface area contributed by atoms with Crippen LogP contribution >= 0.6 is 0 Å². The van der Waals surface area contributed by atoms with Crippen LogP contribution in [-0.2, 0) is 26.1 Å². The molecule has 166 valence electrons. The van der Waals surface area contributed by atoms with E-state index in [1.807, 2.05) is 0 Å². The zero-order valence-corrected chi connectivity index (χ0v) is 19.0. The first-order valence-corrected chi connectivity index (χ1v) is 11.6. The molecular formula is C26H34N2O3. The Bertz CT molecular complexity index is 1040. The molecule has 1 aliphatic carbocycles. The Labute approximate surface area is 184 Å². The minimum atomic E-state index is -0.406. The molecule has 0 radical (unpaired) electrons. The summed E-state index contributed by atoms with van der Waals surface area (Å²) in [6.07, 6.45) is 5.99. The van der Waals surface area contributed by atoms with Crippen LogP contribution in [0.4, 0.5) is 0 Å². The van der Waals surface area contributed by atoms with Gasteiger partial charge in [-0.25, -0.2) is 4.79 Å². The topological polar surface area (TPSA) is 56.9 Å². The molecule has 2 aliphatic heterocycles. The highest BCUT2D eigenvalue weighted by atomic mass is 16.4. The van der Waals surface area contributed by atoms with E-state index in [4.69, 9.17) is 4.42 Å². The second-order valence-corrected chi connectivity index (χ2v) is 11.2. The minimum Gasteiger partial charge on any atom is -0.507 e. The Hall–Kier alpha value is -2.11. The predicted molar refractivity (Wildman–Crippen MR) is 121 cm³/mol. The summed E-state index contributed by atoms with van der Waals surface area (Å²) >= 11 is 0. The molecule has 3 aliphatic rings. The van der Waals surface area contributed by atoms with Crippen LogP contribution in [-0.4, -0.2) is 34.0 Å². The van der Waals surface area contributed by atoms with Crippen LogP contribution in [0.25, 0.3) is 0 Å².